The quantitative estimate of drug-likeness (QED) is 0.201. The summed E-state index contributed by atoms with van der Waals surface area (Å²) in [6.07, 6.45) is 4.86. The number of amides is 1. The molecule has 1 aliphatic carbocycles. The Morgan fingerprint density at radius 2 is 1.95 bits per heavy atom. The van der Waals surface area contributed by atoms with Gasteiger partial charge in [0.1, 0.15) is 23.1 Å². The van der Waals surface area contributed by atoms with Gasteiger partial charge in [-0.05, 0) is 61.5 Å². The topological polar surface area (TPSA) is 107 Å². The van der Waals surface area contributed by atoms with Crippen LogP contribution in [0.2, 0.25) is 5.02 Å². The zero-order chi connectivity index (χ0) is 31.2. The minimum Gasteiger partial charge on any atom is -0.494 e. The highest BCUT2D eigenvalue weighted by Gasteiger charge is 2.32. The summed E-state index contributed by atoms with van der Waals surface area (Å²) in [5, 5.41) is 0.642. The van der Waals surface area contributed by atoms with Crippen LogP contribution in [0.4, 0.5) is 8.78 Å². The summed E-state index contributed by atoms with van der Waals surface area (Å²) in [7, 11) is -4.53. The lowest BCUT2D eigenvalue weighted by atomic mass is 9.93. The maximum absolute atomic E-state index is 14.9. The molecule has 13 heteroatoms. The van der Waals surface area contributed by atoms with E-state index < -0.39 is 27.6 Å². The van der Waals surface area contributed by atoms with Crippen molar-refractivity contribution in [2.75, 3.05) is 6.61 Å². The number of fused-ring (bicyclic) bond motifs is 2. The van der Waals surface area contributed by atoms with Gasteiger partial charge in [-0.15, -0.1) is 11.3 Å². The van der Waals surface area contributed by atoms with Crippen LogP contribution in [0.25, 0.3) is 26.7 Å². The third-order valence-corrected chi connectivity index (χ3v) is 9.92. The fraction of sp³-hybridized carbons (Fsp3) is 0.129. The predicted molar refractivity (Wildman–Crippen MR) is 165 cm³/mol. The number of allylic oxidation sites excluding steroid dienone is 4. The molecule has 0 saturated heterocycles. The van der Waals surface area contributed by atoms with Crippen molar-refractivity contribution < 1.29 is 31.5 Å². The molecule has 2 heterocycles. The Balaban J connectivity index is 1.52. The normalized spacial score (nSPS) is 13.5. The first kappa shape index (κ1) is 29.7. The molecule has 1 N–H and O–H groups in total. The number of ketones is 1. The molecule has 0 bridgehead atoms. The van der Waals surface area contributed by atoms with Crippen molar-refractivity contribution in [1.29, 1.82) is 0 Å². The fourth-order valence-electron chi connectivity index (χ4n) is 5.07. The van der Waals surface area contributed by atoms with Gasteiger partial charge >= 0.3 is 0 Å². The largest absolute Gasteiger partial charge is 0.494 e. The minimum absolute atomic E-state index is 0.0480. The summed E-state index contributed by atoms with van der Waals surface area (Å²) >= 11 is 7.17. The van der Waals surface area contributed by atoms with Crippen molar-refractivity contribution >= 4 is 71.3 Å². The van der Waals surface area contributed by atoms with Crippen LogP contribution in [0.3, 0.4) is 0 Å². The number of nitrogens with one attached hydrogen (secondary N) is 1. The van der Waals surface area contributed by atoms with E-state index in [-0.39, 0.29) is 50.5 Å². The zero-order valence-electron chi connectivity index (χ0n) is 22.9. The molecule has 1 amide bonds. The molecule has 1 aliphatic rings. The Labute approximate surface area is 259 Å². The van der Waals surface area contributed by atoms with Gasteiger partial charge < -0.3 is 9.30 Å². The molecule has 6 rings (SSSR count). The van der Waals surface area contributed by atoms with Gasteiger partial charge in [-0.3, -0.25) is 9.59 Å². The molecule has 5 aromatic rings. The number of ether oxygens (including phenoxy) is 1. The second kappa shape index (κ2) is 11.6. The van der Waals surface area contributed by atoms with Crippen LogP contribution < -0.4 is 9.46 Å². The van der Waals surface area contributed by atoms with E-state index in [4.69, 9.17) is 16.3 Å². The highest BCUT2D eigenvalue weighted by molar-refractivity contribution is 7.92. The molecule has 2 aromatic heterocycles. The summed E-state index contributed by atoms with van der Waals surface area (Å²) < 4.78 is 65.2. The van der Waals surface area contributed by atoms with Crippen LogP contribution in [0, 0.1) is 11.6 Å². The lowest BCUT2D eigenvalue weighted by molar-refractivity contribution is -0.113. The number of carbonyl (C=O) groups excluding carboxylic acids is 2. The van der Waals surface area contributed by atoms with Gasteiger partial charge in [0.15, 0.2) is 5.78 Å². The molecule has 0 spiro atoms. The maximum Gasteiger partial charge on any atom is 0.291 e. The molecule has 0 saturated carbocycles. The van der Waals surface area contributed by atoms with E-state index in [1.807, 2.05) is 6.92 Å². The van der Waals surface area contributed by atoms with E-state index in [1.165, 1.54) is 16.7 Å². The molecule has 3 aromatic carbocycles. The van der Waals surface area contributed by atoms with Crippen molar-refractivity contribution in [3.63, 3.8) is 0 Å². The minimum atomic E-state index is -4.53. The summed E-state index contributed by atoms with van der Waals surface area (Å²) in [6.45, 7) is 1.88. The third kappa shape index (κ3) is 5.51. The number of carbonyl (C=O) groups is 2. The molecule has 0 radical (unpaired) electrons. The van der Waals surface area contributed by atoms with Crippen molar-refractivity contribution in [3.05, 3.63) is 106 Å². The fourth-order valence-corrected chi connectivity index (χ4v) is 7.45. The van der Waals surface area contributed by atoms with Crippen LogP contribution in [-0.2, 0) is 21.4 Å². The van der Waals surface area contributed by atoms with E-state index in [0.717, 1.165) is 29.5 Å². The Hall–Kier alpha value is -4.39. The van der Waals surface area contributed by atoms with Gasteiger partial charge in [-0.2, -0.15) is 8.42 Å². The number of benzene rings is 3. The number of halogens is 3. The number of Topliss-reactive ketones (excluding diaryl/α,β-unsaturated/α-hetero) is 1. The number of aromatic nitrogens is 2. The van der Waals surface area contributed by atoms with E-state index >= 15 is 0 Å². The van der Waals surface area contributed by atoms with Crippen LogP contribution in [-0.4, -0.2) is 36.3 Å². The van der Waals surface area contributed by atoms with E-state index in [1.54, 1.807) is 42.5 Å². The van der Waals surface area contributed by atoms with Crippen molar-refractivity contribution in [1.82, 2.24) is 14.3 Å². The molecular weight excluding hydrogens is 632 g/mol. The standard InChI is InChI=1S/C31H22ClF2N3O5S2/c1-2-42-20-9-11-24-27(15-20)43-31(35-24)44(40,41)36-30(39)29-28(21-5-3-4-6-26(21)38)22-14-18(32)7-12-25(22)37(29)16-17-13-19(33)8-10-23(17)34/h3-5,7-15H,2,6,16H2,1H3,(H,36,39). The zero-order valence-corrected chi connectivity index (χ0v) is 25.3. The van der Waals surface area contributed by atoms with Gasteiger partial charge in [0, 0.05) is 39.0 Å². The van der Waals surface area contributed by atoms with Gasteiger partial charge in [0.2, 0.25) is 4.34 Å². The van der Waals surface area contributed by atoms with Gasteiger partial charge in [-0.1, -0.05) is 29.8 Å². The number of nitrogens with zero attached hydrogens (tertiary/aromatic N) is 2. The smallest absolute Gasteiger partial charge is 0.291 e. The Morgan fingerprint density at radius 1 is 1.14 bits per heavy atom. The number of sulfonamides is 1. The predicted octanol–water partition coefficient (Wildman–Crippen LogP) is 6.66. The first-order chi connectivity index (χ1) is 21.1. The van der Waals surface area contributed by atoms with Gasteiger partial charge in [-0.25, -0.2) is 18.5 Å². The number of hydrogen-bond donors (Lipinski definition) is 1. The monoisotopic (exact) mass is 653 g/mol. The first-order valence-corrected chi connectivity index (χ1v) is 16.0. The average Bonchev–Trinajstić information content (AvgIpc) is 3.55. The summed E-state index contributed by atoms with van der Waals surface area (Å²) in [4.78, 5) is 31.4. The molecule has 224 valence electrons. The third-order valence-electron chi connectivity index (χ3n) is 6.96. The highest BCUT2D eigenvalue weighted by atomic mass is 35.5. The van der Waals surface area contributed by atoms with Gasteiger partial charge in [0.05, 0.1) is 23.4 Å². The van der Waals surface area contributed by atoms with Crippen molar-refractivity contribution in [2.45, 2.75) is 24.2 Å². The highest BCUT2D eigenvalue weighted by Crippen LogP contribution is 2.37. The van der Waals surface area contributed by atoms with Crippen LogP contribution >= 0.6 is 22.9 Å². The molecule has 0 atom stereocenters. The lowest BCUT2D eigenvalue weighted by Gasteiger charge is -2.15. The second-order valence-electron chi connectivity index (χ2n) is 9.82. The molecule has 0 unspecified atom stereocenters. The summed E-state index contributed by atoms with van der Waals surface area (Å²) in [6, 6.07) is 12.5. The lowest BCUT2D eigenvalue weighted by Crippen LogP contribution is -2.33. The van der Waals surface area contributed by atoms with Crippen LogP contribution in [0.15, 0.2) is 77.2 Å². The number of rotatable bonds is 8. The van der Waals surface area contributed by atoms with Crippen LogP contribution in [0.1, 0.15) is 35.0 Å². The second-order valence-corrected chi connectivity index (χ2v) is 13.1. The van der Waals surface area contributed by atoms with E-state index in [0.29, 0.717) is 33.5 Å². The van der Waals surface area contributed by atoms with Crippen molar-refractivity contribution in [3.8, 4) is 5.75 Å². The molecule has 0 aliphatic heterocycles. The Kier molecular flexibility index (Phi) is 7.82. The molecule has 44 heavy (non-hydrogen) atoms. The van der Waals surface area contributed by atoms with E-state index in [2.05, 4.69) is 9.71 Å². The molecular formula is C31H22ClF2N3O5S2. The Bertz CT molecular complexity index is 2170. The number of thiazole rings is 1. The number of hydrogen-bond acceptors (Lipinski definition) is 7. The SMILES string of the molecule is CCOc1ccc2nc(S(=O)(=O)NC(=O)c3c(C4=CC=CCC4=O)c4cc(Cl)ccc4n3Cc3cc(F)ccc3F)sc2c1. The summed E-state index contributed by atoms with van der Waals surface area (Å²) in [5.41, 5.74) is 0.658. The van der Waals surface area contributed by atoms with Crippen LogP contribution in [0.5, 0.6) is 5.75 Å². The molecule has 0 fully saturated rings. The first-order valence-electron chi connectivity index (χ1n) is 13.3. The van der Waals surface area contributed by atoms with Gasteiger partial charge in [0.25, 0.3) is 15.9 Å². The summed E-state index contributed by atoms with van der Waals surface area (Å²) in [5.74, 6) is -2.32. The Morgan fingerprint density at radius 3 is 2.73 bits per heavy atom. The van der Waals surface area contributed by atoms with E-state index in [9.17, 15) is 26.8 Å². The van der Waals surface area contributed by atoms with Crippen molar-refractivity contribution in [2.24, 2.45) is 0 Å². The average molecular weight is 654 g/mol. The molecule has 8 nitrogen and oxygen atoms in total. The maximum atomic E-state index is 14.9.